The van der Waals surface area contributed by atoms with Gasteiger partial charge in [-0.25, -0.2) is 0 Å². The van der Waals surface area contributed by atoms with Crippen LogP contribution in [0, 0.1) is 10.1 Å². The number of nitrogens with zero attached hydrogens (tertiary/aromatic N) is 5. The summed E-state index contributed by atoms with van der Waals surface area (Å²) in [4.78, 5) is 11.6. The molecule has 0 saturated heterocycles. The lowest BCUT2D eigenvalue weighted by Crippen LogP contribution is -1.99. The maximum absolute atomic E-state index is 10.5. The van der Waals surface area contributed by atoms with Gasteiger partial charge in [-0.15, -0.1) is 10.2 Å². The molecule has 0 bridgehead atoms. The van der Waals surface area contributed by atoms with Crippen LogP contribution in [0.15, 0.2) is 24.3 Å². The zero-order chi connectivity index (χ0) is 12.3. The minimum Gasteiger partial charge on any atom is -0.258 e. The molecule has 0 aliphatic rings. The van der Waals surface area contributed by atoms with Gasteiger partial charge < -0.3 is 0 Å². The summed E-state index contributed by atoms with van der Waals surface area (Å²) in [6.45, 7) is 2.60. The number of aryl methyl sites for hydroxylation is 1. The van der Waals surface area contributed by atoms with Crippen LogP contribution in [0.3, 0.4) is 0 Å². The van der Waals surface area contributed by atoms with Crippen LogP contribution in [-0.2, 0) is 13.0 Å². The molecule has 0 fully saturated rings. The van der Waals surface area contributed by atoms with Gasteiger partial charge in [-0.05, 0) is 17.7 Å². The van der Waals surface area contributed by atoms with Gasteiger partial charge >= 0.3 is 0 Å². The van der Waals surface area contributed by atoms with Crippen molar-refractivity contribution < 1.29 is 4.92 Å². The summed E-state index contributed by atoms with van der Waals surface area (Å²) in [7, 11) is 0. The summed E-state index contributed by atoms with van der Waals surface area (Å²) in [6, 6.07) is 6.34. The first kappa shape index (κ1) is 11.2. The van der Waals surface area contributed by atoms with Crippen LogP contribution in [0.2, 0.25) is 0 Å². The van der Waals surface area contributed by atoms with Crippen molar-refractivity contribution in [1.82, 2.24) is 20.2 Å². The van der Waals surface area contributed by atoms with E-state index in [2.05, 4.69) is 15.4 Å². The highest BCUT2D eigenvalue weighted by Gasteiger charge is 2.06. The van der Waals surface area contributed by atoms with E-state index in [1.165, 1.54) is 16.9 Å². The SMILES string of the molecule is CCn1nnc(Cc2ccc([N+](=O)[O-])cc2)n1. The zero-order valence-corrected chi connectivity index (χ0v) is 9.28. The molecule has 17 heavy (non-hydrogen) atoms. The van der Waals surface area contributed by atoms with Gasteiger partial charge in [0, 0.05) is 18.6 Å². The Labute approximate surface area is 97.2 Å². The van der Waals surface area contributed by atoms with Gasteiger partial charge in [0.25, 0.3) is 5.69 Å². The fourth-order valence-corrected chi connectivity index (χ4v) is 1.40. The number of benzene rings is 1. The molecule has 0 aliphatic carbocycles. The van der Waals surface area contributed by atoms with Crippen molar-refractivity contribution in [3.63, 3.8) is 0 Å². The Kier molecular flexibility index (Phi) is 3.08. The van der Waals surface area contributed by atoms with Crippen molar-refractivity contribution in [1.29, 1.82) is 0 Å². The standard InChI is InChI=1S/C10H11N5O2/c1-2-14-12-10(11-13-14)7-8-3-5-9(6-4-8)15(16)17/h3-6H,2,7H2,1H3. The third-order valence-corrected chi connectivity index (χ3v) is 2.29. The van der Waals surface area contributed by atoms with E-state index < -0.39 is 4.92 Å². The van der Waals surface area contributed by atoms with Crippen molar-refractivity contribution in [3.05, 3.63) is 45.8 Å². The predicted molar refractivity (Wildman–Crippen MR) is 59.4 cm³/mol. The molecule has 0 unspecified atom stereocenters. The molecule has 0 amide bonds. The first-order chi connectivity index (χ1) is 8.19. The number of rotatable bonds is 4. The molecule has 0 saturated carbocycles. The molecule has 0 aliphatic heterocycles. The van der Waals surface area contributed by atoms with Gasteiger partial charge in [0.15, 0.2) is 5.82 Å². The number of nitro benzene ring substituents is 1. The second-order valence-electron chi connectivity index (χ2n) is 3.49. The maximum Gasteiger partial charge on any atom is 0.269 e. The highest BCUT2D eigenvalue weighted by molar-refractivity contribution is 5.33. The summed E-state index contributed by atoms with van der Waals surface area (Å²) in [5, 5.41) is 22.4. The normalized spacial score (nSPS) is 10.4. The van der Waals surface area contributed by atoms with Crippen LogP contribution < -0.4 is 0 Å². The lowest BCUT2D eigenvalue weighted by atomic mass is 10.1. The predicted octanol–water partition coefficient (Wildman–Crippen LogP) is 1.19. The highest BCUT2D eigenvalue weighted by Crippen LogP contribution is 2.13. The summed E-state index contributed by atoms with van der Waals surface area (Å²) in [6.07, 6.45) is 0.526. The van der Waals surface area contributed by atoms with Crippen LogP contribution in [0.1, 0.15) is 18.3 Å². The lowest BCUT2D eigenvalue weighted by Gasteiger charge is -1.96. The summed E-state index contributed by atoms with van der Waals surface area (Å²) in [5.41, 5.74) is 1.00. The zero-order valence-electron chi connectivity index (χ0n) is 9.28. The molecule has 2 aromatic rings. The van der Waals surface area contributed by atoms with E-state index in [0.717, 1.165) is 5.56 Å². The number of hydrogen-bond donors (Lipinski definition) is 0. The molecule has 1 heterocycles. The van der Waals surface area contributed by atoms with Gasteiger partial charge in [0.1, 0.15) is 0 Å². The topological polar surface area (TPSA) is 86.7 Å². The van der Waals surface area contributed by atoms with Gasteiger partial charge in [-0.1, -0.05) is 12.1 Å². The largest absolute Gasteiger partial charge is 0.269 e. The van der Waals surface area contributed by atoms with Crippen molar-refractivity contribution in [2.45, 2.75) is 19.9 Å². The van der Waals surface area contributed by atoms with Crippen LogP contribution in [0.25, 0.3) is 0 Å². The van der Waals surface area contributed by atoms with E-state index in [1.54, 1.807) is 12.1 Å². The molecule has 0 atom stereocenters. The fraction of sp³-hybridized carbons (Fsp3) is 0.300. The Morgan fingerprint density at radius 1 is 1.35 bits per heavy atom. The minimum absolute atomic E-state index is 0.0823. The smallest absolute Gasteiger partial charge is 0.258 e. The lowest BCUT2D eigenvalue weighted by molar-refractivity contribution is -0.384. The van der Waals surface area contributed by atoms with Crippen LogP contribution in [-0.4, -0.2) is 25.1 Å². The van der Waals surface area contributed by atoms with E-state index >= 15 is 0 Å². The van der Waals surface area contributed by atoms with Crippen LogP contribution in [0.4, 0.5) is 5.69 Å². The average molecular weight is 233 g/mol. The fourth-order valence-electron chi connectivity index (χ4n) is 1.40. The quantitative estimate of drug-likeness (QED) is 0.584. The van der Waals surface area contributed by atoms with E-state index in [1.807, 2.05) is 6.92 Å². The molecule has 2 rings (SSSR count). The van der Waals surface area contributed by atoms with Crippen molar-refractivity contribution in [2.75, 3.05) is 0 Å². The monoisotopic (exact) mass is 233 g/mol. The second kappa shape index (κ2) is 4.69. The van der Waals surface area contributed by atoms with Crippen molar-refractivity contribution >= 4 is 5.69 Å². The first-order valence-corrected chi connectivity index (χ1v) is 5.19. The molecule has 1 aromatic carbocycles. The van der Waals surface area contributed by atoms with Crippen LogP contribution in [0.5, 0.6) is 0 Å². The van der Waals surface area contributed by atoms with Gasteiger partial charge in [0.2, 0.25) is 0 Å². The molecule has 0 spiro atoms. The minimum atomic E-state index is -0.421. The van der Waals surface area contributed by atoms with Crippen molar-refractivity contribution in [3.8, 4) is 0 Å². The summed E-state index contributed by atoms with van der Waals surface area (Å²) < 4.78 is 0. The Balaban J connectivity index is 2.10. The molecule has 0 radical (unpaired) electrons. The molecule has 88 valence electrons. The second-order valence-corrected chi connectivity index (χ2v) is 3.49. The Hall–Kier alpha value is -2.31. The van der Waals surface area contributed by atoms with E-state index in [9.17, 15) is 10.1 Å². The summed E-state index contributed by atoms with van der Waals surface area (Å²) >= 11 is 0. The highest BCUT2D eigenvalue weighted by atomic mass is 16.6. The Morgan fingerprint density at radius 2 is 2.06 bits per heavy atom. The molecule has 0 N–H and O–H groups in total. The van der Waals surface area contributed by atoms with Crippen LogP contribution >= 0.6 is 0 Å². The van der Waals surface area contributed by atoms with Gasteiger partial charge in [0.05, 0.1) is 11.5 Å². The molecular formula is C10H11N5O2. The molecular weight excluding hydrogens is 222 g/mol. The maximum atomic E-state index is 10.5. The van der Waals surface area contributed by atoms with Gasteiger partial charge in [-0.2, -0.15) is 4.80 Å². The first-order valence-electron chi connectivity index (χ1n) is 5.19. The number of aromatic nitrogens is 4. The number of nitro groups is 1. The van der Waals surface area contributed by atoms with E-state index in [4.69, 9.17) is 0 Å². The number of tetrazole rings is 1. The molecule has 1 aromatic heterocycles. The van der Waals surface area contributed by atoms with Gasteiger partial charge in [-0.3, -0.25) is 10.1 Å². The molecule has 7 heteroatoms. The Bertz CT molecular complexity index is 520. The van der Waals surface area contributed by atoms with E-state index in [0.29, 0.717) is 18.8 Å². The molecule has 7 nitrogen and oxygen atoms in total. The number of hydrogen-bond acceptors (Lipinski definition) is 5. The number of non-ortho nitro benzene ring substituents is 1. The van der Waals surface area contributed by atoms with Crippen molar-refractivity contribution in [2.24, 2.45) is 0 Å². The Morgan fingerprint density at radius 3 is 2.59 bits per heavy atom. The average Bonchev–Trinajstić information content (AvgIpc) is 2.77. The van der Waals surface area contributed by atoms with E-state index in [-0.39, 0.29) is 5.69 Å². The third-order valence-electron chi connectivity index (χ3n) is 2.29. The summed E-state index contributed by atoms with van der Waals surface area (Å²) in [5.74, 6) is 0.612. The third kappa shape index (κ3) is 2.63.